The zero-order valence-corrected chi connectivity index (χ0v) is 14.4. The Kier molecular flexibility index (Phi) is 4.16. The number of anilines is 1. The van der Waals surface area contributed by atoms with Gasteiger partial charge in [-0.2, -0.15) is 0 Å². The van der Waals surface area contributed by atoms with E-state index in [-0.39, 0.29) is 14.9 Å². The van der Waals surface area contributed by atoms with Gasteiger partial charge in [-0.3, -0.25) is 4.72 Å². The molecule has 0 radical (unpaired) electrons. The summed E-state index contributed by atoms with van der Waals surface area (Å²) < 4.78 is 27.8. The molecule has 2 N–H and O–H groups in total. The van der Waals surface area contributed by atoms with Gasteiger partial charge in [0, 0.05) is 10.2 Å². The topological polar surface area (TPSA) is 83.5 Å². The van der Waals surface area contributed by atoms with Crippen LogP contribution in [0.5, 0.6) is 0 Å². The number of hydrogen-bond donors (Lipinski definition) is 2. The fourth-order valence-corrected chi connectivity index (χ4v) is 4.83. The Morgan fingerprint density at radius 1 is 1.09 bits per heavy atom. The van der Waals surface area contributed by atoms with Gasteiger partial charge >= 0.3 is 5.97 Å². The number of halogens is 1. The SMILES string of the molecule is O=C(O)c1ccc(S(=O)(=O)Nc2ccc3c(c2)CCC3)c(Br)c1. The molecule has 0 unspecified atom stereocenters. The smallest absolute Gasteiger partial charge is 0.335 e. The number of nitrogens with one attached hydrogen (secondary N) is 1. The minimum absolute atomic E-state index is 0.00278. The van der Waals surface area contributed by atoms with Crippen LogP contribution in [0.2, 0.25) is 0 Å². The molecule has 0 saturated heterocycles. The van der Waals surface area contributed by atoms with Crippen LogP contribution in [0.1, 0.15) is 27.9 Å². The number of carboxylic acid groups (broad SMARTS) is 1. The number of sulfonamides is 1. The molecular formula is C16H14BrNO4S. The van der Waals surface area contributed by atoms with Crippen molar-refractivity contribution in [3.63, 3.8) is 0 Å². The Labute approximate surface area is 142 Å². The molecule has 3 rings (SSSR count). The van der Waals surface area contributed by atoms with Gasteiger partial charge in [-0.25, -0.2) is 13.2 Å². The Morgan fingerprint density at radius 3 is 2.52 bits per heavy atom. The van der Waals surface area contributed by atoms with Crippen molar-refractivity contribution in [3.8, 4) is 0 Å². The van der Waals surface area contributed by atoms with Gasteiger partial charge in [0.2, 0.25) is 0 Å². The summed E-state index contributed by atoms with van der Waals surface area (Å²) in [4.78, 5) is 10.9. The molecular weight excluding hydrogens is 382 g/mol. The van der Waals surface area contributed by atoms with Crippen LogP contribution in [0, 0.1) is 0 Å². The highest BCUT2D eigenvalue weighted by molar-refractivity contribution is 9.10. The van der Waals surface area contributed by atoms with Crippen LogP contribution in [0.3, 0.4) is 0 Å². The van der Waals surface area contributed by atoms with E-state index in [1.165, 1.54) is 29.3 Å². The number of carbonyl (C=O) groups is 1. The van der Waals surface area contributed by atoms with Crippen molar-refractivity contribution in [3.05, 3.63) is 57.6 Å². The summed E-state index contributed by atoms with van der Waals surface area (Å²) in [6.07, 6.45) is 3.08. The van der Waals surface area contributed by atoms with Gasteiger partial charge in [0.05, 0.1) is 5.56 Å². The van der Waals surface area contributed by atoms with Gasteiger partial charge in [-0.05, 0) is 76.7 Å². The quantitative estimate of drug-likeness (QED) is 0.830. The van der Waals surface area contributed by atoms with Crippen molar-refractivity contribution >= 4 is 37.6 Å². The van der Waals surface area contributed by atoms with Crippen LogP contribution in [0.15, 0.2) is 45.8 Å². The van der Waals surface area contributed by atoms with Crippen LogP contribution in [0.4, 0.5) is 5.69 Å². The largest absolute Gasteiger partial charge is 0.478 e. The number of aryl methyl sites for hydroxylation is 2. The van der Waals surface area contributed by atoms with E-state index in [1.54, 1.807) is 6.07 Å². The molecule has 0 atom stereocenters. The lowest BCUT2D eigenvalue weighted by Gasteiger charge is -2.11. The van der Waals surface area contributed by atoms with E-state index in [2.05, 4.69) is 20.7 Å². The van der Waals surface area contributed by atoms with Crippen molar-refractivity contribution in [1.82, 2.24) is 0 Å². The lowest BCUT2D eigenvalue weighted by atomic mass is 10.1. The van der Waals surface area contributed by atoms with Crippen LogP contribution >= 0.6 is 15.9 Å². The van der Waals surface area contributed by atoms with Gasteiger partial charge in [-0.15, -0.1) is 0 Å². The van der Waals surface area contributed by atoms with E-state index < -0.39 is 16.0 Å². The molecule has 0 saturated carbocycles. The van der Waals surface area contributed by atoms with Gasteiger partial charge in [-0.1, -0.05) is 6.07 Å². The number of rotatable bonds is 4. The van der Waals surface area contributed by atoms with Crippen LogP contribution in [-0.2, 0) is 22.9 Å². The van der Waals surface area contributed by atoms with Crippen molar-refractivity contribution in [2.75, 3.05) is 4.72 Å². The first-order chi connectivity index (χ1) is 10.9. The van der Waals surface area contributed by atoms with E-state index in [0.717, 1.165) is 19.3 Å². The van der Waals surface area contributed by atoms with Crippen molar-refractivity contribution in [2.24, 2.45) is 0 Å². The van der Waals surface area contributed by atoms with Crippen LogP contribution in [-0.4, -0.2) is 19.5 Å². The minimum Gasteiger partial charge on any atom is -0.478 e. The first kappa shape index (κ1) is 16.0. The van der Waals surface area contributed by atoms with E-state index >= 15 is 0 Å². The predicted octanol–water partition coefficient (Wildman–Crippen LogP) is 3.44. The van der Waals surface area contributed by atoms with Crippen LogP contribution in [0.25, 0.3) is 0 Å². The van der Waals surface area contributed by atoms with Gasteiger partial charge in [0.25, 0.3) is 10.0 Å². The molecule has 0 aliphatic heterocycles. The first-order valence-corrected chi connectivity index (χ1v) is 9.32. The number of hydrogen-bond acceptors (Lipinski definition) is 3. The lowest BCUT2D eigenvalue weighted by Crippen LogP contribution is -2.14. The van der Waals surface area contributed by atoms with Crippen LogP contribution < -0.4 is 4.72 Å². The third-order valence-corrected chi connectivity index (χ3v) is 6.18. The average Bonchev–Trinajstić information content (AvgIpc) is 2.93. The molecule has 0 bridgehead atoms. The fraction of sp³-hybridized carbons (Fsp3) is 0.188. The molecule has 0 aromatic heterocycles. The number of carboxylic acids is 1. The van der Waals surface area contributed by atoms with Gasteiger partial charge in [0.15, 0.2) is 0 Å². The zero-order valence-electron chi connectivity index (χ0n) is 12.0. The monoisotopic (exact) mass is 395 g/mol. The van der Waals surface area contributed by atoms with Crippen molar-refractivity contribution in [1.29, 1.82) is 0 Å². The minimum atomic E-state index is -3.79. The van der Waals surface area contributed by atoms with Crippen molar-refractivity contribution < 1.29 is 18.3 Å². The highest BCUT2D eigenvalue weighted by Crippen LogP contribution is 2.28. The van der Waals surface area contributed by atoms with E-state index in [0.29, 0.717) is 5.69 Å². The van der Waals surface area contributed by atoms with Gasteiger partial charge < -0.3 is 5.11 Å². The fourth-order valence-electron chi connectivity index (χ4n) is 2.70. The third-order valence-electron chi connectivity index (χ3n) is 3.82. The maximum Gasteiger partial charge on any atom is 0.335 e. The second-order valence-corrected chi connectivity index (χ2v) is 7.90. The molecule has 120 valence electrons. The predicted molar refractivity (Wildman–Crippen MR) is 90.4 cm³/mol. The first-order valence-electron chi connectivity index (χ1n) is 7.04. The summed E-state index contributed by atoms with van der Waals surface area (Å²) in [5, 5.41) is 8.94. The summed E-state index contributed by atoms with van der Waals surface area (Å²) in [6.45, 7) is 0. The third kappa shape index (κ3) is 3.25. The van der Waals surface area contributed by atoms with Crippen molar-refractivity contribution in [2.45, 2.75) is 24.2 Å². The highest BCUT2D eigenvalue weighted by atomic mass is 79.9. The Balaban J connectivity index is 1.91. The van der Waals surface area contributed by atoms with E-state index in [4.69, 9.17) is 5.11 Å². The second kappa shape index (κ2) is 5.98. The number of benzene rings is 2. The summed E-state index contributed by atoms with van der Waals surface area (Å²) in [7, 11) is -3.79. The Morgan fingerprint density at radius 2 is 1.83 bits per heavy atom. The molecule has 1 aliphatic rings. The van der Waals surface area contributed by atoms with Gasteiger partial charge in [0.1, 0.15) is 4.90 Å². The summed E-state index contributed by atoms with van der Waals surface area (Å²) in [6, 6.07) is 9.39. The number of fused-ring (bicyclic) bond motifs is 1. The summed E-state index contributed by atoms with van der Waals surface area (Å²) >= 11 is 3.13. The molecule has 0 amide bonds. The average molecular weight is 396 g/mol. The zero-order chi connectivity index (χ0) is 16.6. The molecule has 7 heteroatoms. The molecule has 0 spiro atoms. The second-order valence-electron chi connectivity index (χ2n) is 5.39. The molecule has 23 heavy (non-hydrogen) atoms. The number of aromatic carboxylic acids is 1. The maximum atomic E-state index is 12.5. The highest BCUT2D eigenvalue weighted by Gasteiger charge is 2.20. The Hall–Kier alpha value is -1.86. The standard InChI is InChI=1S/C16H14BrNO4S/c17-14-9-12(16(19)20)5-7-15(14)23(21,22)18-13-6-4-10-2-1-3-11(10)8-13/h4-9,18H,1-3H2,(H,19,20). The summed E-state index contributed by atoms with van der Waals surface area (Å²) in [5.74, 6) is -1.11. The molecule has 0 heterocycles. The lowest BCUT2D eigenvalue weighted by molar-refractivity contribution is 0.0696. The molecule has 1 aliphatic carbocycles. The summed E-state index contributed by atoms with van der Waals surface area (Å²) in [5.41, 5.74) is 2.97. The normalized spacial score (nSPS) is 13.6. The molecule has 2 aromatic carbocycles. The van der Waals surface area contributed by atoms with E-state index in [1.807, 2.05) is 12.1 Å². The molecule has 5 nitrogen and oxygen atoms in total. The molecule has 2 aromatic rings. The maximum absolute atomic E-state index is 12.5. The van der Waals surface area contributed by atoms with E-state index in [9.17, 15) is 13.2 Å². The molecule has 0 fully saturated rings. The Bertz CT molecular complexity index is 893.